The fourth-order valence-corrected chi connectivity index (χ4v) is 11.7. The number of pyridine rings is 2. The Morgan fingerprint density at radius 3 is 1.71 bits per heavy atom. The smallest absolute Gasteiger partial charge is 0.151 e. The van der Waals surface area contributed by atoms with E-state index in [0.717, 1.165) is 117 Å². The SMILES string of the molecule is N#Cc1ccc2c(c1)c1ccccc1n2-c1cnc2c(c1)C1(c3ccc(N4c5ccccc5Oc5ccccc54)cc3Oc3cccc(-n4c5ccccc5c5cc(C#N)ccc54)c31)c1cccnc1-2. The number of nitriles is 2. The molecule has 0 radical (unpaired) electrons. The maximum absolute atomic E-state index is 10.1. The molecule has 9 nitrogen and oxygen atoms in total. The Labute approximate surface area is 400 Å². The number of anilines is 3. The van der Waals surface area contributed by atoms with Crippen molar-refractivity contribution in [3.63, 3.8) is 0 Å². The van der Waals surface area contributed by atoms with Crippen LogP contribution in [0.5, 0.6) is 23.0 Å². The molecule has 0 fully saturated rings. The number of fused-ring (bicyclic) bond motifs is 17. The Kier molecular flexibility index (Phi) is 7.65. The number of nitrogens with zero attached hydrogens (tertiary/aromatic N) is 7. The lowest BCUT2D eigenvalue weighted by Crippen LogP contribution is -2.34. The first-order chi connectivity index (χ1) is 34.6. The van der Waals surface area contributed by atoms with E-state index >= 15 is 0 Å². The topological polar surface area (TPSA) is 105 Å². The quantitative estimate of drug-likeness (QED) is 0.174. The fourth-order valence-electron chi connectivity index (χ4n) is 11.7. The molecule has 70 heavy (non-hydrogen) atoms. The van der Waals surface area contributed by atoms with E-state index in [4.69, 9.17) is 19.4 Å². The minimum absolute atomic E-state index is 0.595. The fraction of sp³-hybridized carbons (Fsp3) is 0.0164. The maximum atomic E-state index is 10.1. The molecule has 12 aromatic rings. The zero-order valence-corrected chi connectivity index (χ0v) is 37.0. The first kappa shape index (κ1) is 38.2. The van der Waals surface area contributed by atoms with Crippen LogP contribution < -0.4 is 14.4 Å². The van der Waals surface area contributed by atoms with Crippen molar-refractivity contribution in [1.82, 2.24) is 19.1 Å². The highest BCUT2D eigenvalue weighted by Crippen LogP contribution is 2.64. The molecule has 0 amide bonds. The molecule has 0 saturated carbocycles. The van der Waals surface area contributed by atoms with Crippen LogP contribution in [0.3, 0.4) is 0 Å². The lowest BCUT2D eigenvalue weighted by atomic mass is 9.65. The van der Waals surface area contributed by atoms with Gasteiger partial charge < -0.3 is 23.5 Å². The largest absolute Gasteiger partial charge is 0.457 e. The van der Waals surface area contributed by atoms with Crippen molar-refractivity contribution < 1.29 is 9.47 Å². The molecule has 4 aromatic heterocycles. The van der Waals surface area contributed by atoms with E-state index in [9.17, 15) is 10.5 Å². The van der Waals surface area contributed by atoms with Gasteiger partial charge in [-0.05, 0) is 109 Å². The van der Waals surface area contributed by atoms with Gasteiger partial charge in [-0.1, -0.05) is 78.9 Å². The maximum Gasteiger partial charge on any atom is 0.151 e. The lowest BCUT2D eigenvalue weighted by Gasteiger charge is -2.41. The van der Waals surface area contributed by atoms with Crippen LogP contribution in [0.1, 0.15) is 33.4 Å². The van der Waals surface area contributed by atoms with Crippen molar-refractivity contribution >= 4 is 60.7 Å². The molecule has 2 aliphatic heterocycles. The van der Waals surface area contributed by atoms with Crippen molar-refractivity contribution in [1.29, 1.82) is 10.5 Å². The van der Waals surface area contributed by atoms with Crippen molar-refractivity contribution in [3.8, 4) is 57.9 Å². The first-order valence-electron chi connectivity index (χ1n) is 23.1. The molecule has 0 saturated heterocycles. The molecule has 324 valence electrons. The van der Waals surface area contributed by atoms with Gasteiger partial charge in [0.25, 0.3) is 0 Å². The zero-order chi connectivity index (χ0) is 46.2. The Bertz CT molecular complexity index is 4330. The third-order valence-electron chi connectivity index (χ3n) is 14.5. The first-order valence-corrected chi connectivity index (χ1v) is 23.1. The van der Waals surface area contributed by atoms with Gasteiger partial charge in [0, 0.05) is 50.5 Å². The van der Waals surface area contributed by atoms with Crippen LogP contribution in [0.4, 0.5) is 17.1 Å². The highest BCUT2D eigenvalue weighted by atomic mass is 16.5. The lowest BCUT2D eigenvalue weighted by molar-refractivity contribution is 0.435. The molecule has 6 heterocycles. The van der Waals surface area contributed by atoms with E-state index in [-0.39, 0.29) is 0 Å². The minimum atomic E-state index is -1.03. The van der Waals surface area contributed by atoms with Gasteiger partial charge in [-0.25, -0.2) is 0 Å². The molecule has 15 rings (SSSR count). The summed E-state index contributed by atoms with van der Waals surface area (Å²) in [5, 5.41) is 24.1. The van der Waals surface area contributed by atoms with Gasteiger partial charge in [0.05, 0.1) is 96.8 Å². The summed E-state index contributed by atoms with van der Waals surface area (Å²) in [5.41, 5.74) is 14.0. The summed E-state index contributed by atoms with van der Waals surface area (Å²) in [6.45, 7) is 0. The average molecular weight is 896 g/mol. The molecule has 0 N–H and O–H groups in total. The number of hydrogen-bond donors (Lipinski definition) is 0. The third-order valence-corrected chi connectivity index (χ3v) is 14.5. The van der Waals surface area contributed by atoms with E-state index in [1.165, 1.54) is 0 Å². The summed E-state index contributed by atoms with van der Waals surface area (Å²) in [4.78, 5) is 12.8. The number of benzene rings is 8. The standard InChI is InChI=1S/C61H33N7O2/c62-33-36-22-26-49-42(29-36)40-11-1-3-14-47(40)67(49)39-31-46-60(65-35-39)59-45(13-10-28-64-59)61(46)44-25-24-38(66-51-16-5-7-19-54(51)69-55-20-8-6-17-52(55)66)32-57(44)70-56-21-9-18-53(58(56)61)68-48-15-4-2-12-41(48)43-30-37(34-63)23-27-50(43)68/h1-32,35H. The van der Waals surface area contributed by atoms with Gasteiger partial charge in [0.15, 0.2) is 11.5 Å². The van der Waals surface area contributed by atoms with E-state index < -0.39 is 5.41 Å². The van der Waals surface area contributed by atoms with E-state index in [2.05, 4.69) is 129 Å². The Balaban J connectivity index is 1.06. The number of hydrogen-bond acceptors (Lipinski definition) is 7. The van der Waals surface area contributed by atoms with Gasteiger partial charge >= 0.3 is 0 Å². The summed E-state index contributed by atoms with van der Waals surface area (Å²) in [7, 11) is 0. The molecule has 1 atom stereocenters. The van der Waals surface area contributed by atoms with Crippen molar-refractivity contribution in [2.75, 3.05) is 4.90 Å². The van der Waals surface area contributed by atoms with Gasteiger partial charge in [0.2, 0.25) is 0 Å². The number of ether oxygens (including phenoxy) is 2. The molecule has 1 spiro atoms. The Morgan fingerprint density at radius 2 is 1.00 bits per heavy atom. The van der Waals surface area contributed by atoms with Crippen molar-refractivity contribution in [2.24, 2.45) is 0 Å². The summed E-state index contributed by atoms with van der Waals surface area (Å²) >= 11 is 0. The summed E-state index contributed by atoms with van der Waals surface area (Å²) in [6, 6.07) is 68.8. The number of rotatable bonds is 3. The molecule has 9 heteroatoms. The normalized spacial score (nSPS) is 14.8. The molecular formula is C61H33N7O2. The number of para-hydroxylation sites is 6. The second kappa shape index (κ2) is 14.0. The Hall–Kier alpha value is -9.96. The van der Waals surface area contributed by atoms with Crippen LogP contribution in [0.2, 0.25) is 0 Å². The second-order valence-corrected chi connectivity index (χ2v) is 17.9. The van der Waals surface area contributed by atoms with Crippen LogP contribution in [0, 0.1) is 22.7 Å². The summed E-state index contributed by atoms with van der Waals surface area (Å²) in [5.74, 6) is 2.91. The predicted molar refractivity (Wildman–Crippen MR) is 272 cm³/mol. The minimum Gasteiger partial charge on any atom is -0.457 e. The molecule has 0 bridgehead atoms. The highest BCUT2D eigenvalue weighted by Gasteiger charge is 2.54. The molecule has 3 aliphatic rings. The predicted octanol–water partition coefficient (Wildman–Crippen LogP) is 14.5. The Morgan fingerprint density at radius 1 is 0.414 bits per heavy atom. The van der Waals surface area contributed by atoms with E-state index in [1.54, 1.807) is 0 Å². The van der Waals surface area contributed by atoms with Crippen LogP contribution in [0.25, 0.3) is 66.4 Å². The molecule has 8 aromatic carbocycles. The average Bonchev–Trinajstić information content (AvgIpc) is 4.04. The van der Waals surface area contributed by atoms with Crippen LogP contribution in [0.15, 0.2) is 200 Å². The molecular weight excluding hydrogens is 863 g/mol. The van der Waals surface area contributed by atoms with Gasteiger partial charge in [0.1, 0.15) is 11.5 Å². The van der Waals surface area contributed by atoms with Crippen LogP contribution in [-0.4, -0.2) is 19.1 Å². The van der Waals surface area contributed by atoms with Crippen molar-refractivity contribution in [3.05, 3.63) is 234 Å². The summed E-state index contributed by atoms with van der Waals surface area (Å²) < 4.78 is 18.4. The van der Waals surface area contributed by atoms with Gasteiger partial charge in [-0.15, -0.1) is 0 Å². The molecule has 1 unspecified atom stereocenters. The van der Waals surface area contributed by atoms with E-state index in [0.29, 0.717) is 22.6 Å². The van der Waals surface area contributed by atoms with E-state index in [1.807, 2.05) is 97.3 Å². The highest BCUT2D eigenvalue weighted by molar-refractivity contribution is 6.11. The number of aromatic nitrogens is 4. The van der Waals surface area contributed by atoms with Gasteiger partial charge in [-0.2, -0.15) is 10.5 Å². The molecule has 1 aliphatic carbocycles. The van der Waals surface area contributed by atoms with Gasteiger partial charge in [-0.3, -0.25) is 9.97 Å². The monoisotopic (exact) mass is 895 g/mol. The summed E-state index contributed by atoms with van der Waals surface area (Å²) in [6.07, 6.45) is 3.80. The van der Waals surface area contributed by atoms with Crippen LogP contribution in [-0.2, 0) is 5.41 Å². The van der Waals surface area contributed by atoms with Crippen molar-refractivity contribution in [2.45, 2.75) is 5.41 Å². The zero-order valence-electron chi connectivity index (χ0n) is 37.0. The van der Waals surface area contributed by atoms with Crippen LogP contribution >= 0.6 is 0 Å². The second-order valence-electron chi connectivity index (χ2n) is 17.9. The third kappa shape index (κ3) is 4.96.